The fourth-order valence-electron chi connectivity index (χ4n) is 3.13. The summed E-state index contributed by atoms with van der Waals surface area (Å²) in [4.78, 5) is 40.4. The molecule has 0 bridgehead atoms. The van der Waals surface area contributed by atoms with Gasteiger partial charge in [0.25, 0.3) is 0 Å². The highest BCUT2D eigenvalue weighted by atomic mass is 32.2. The molecule has 1 N–H and O–H groups in total. The average molecular weight is 449 g/mol. The number of carbonyl (C=O) groups excluding carboxylic acids is 3. The Labute approximate surface area is 183 Å². The number of methoxy groups -OCH3 is 1. The lowest BCUT2D eigenvalue weighted by Gasteiger charge is -2.26. The molecular formula is C21H24N2O5S2. The topological polar surface area (TPSA) is 84.9 Å². The van der Waals surface area contributed by atoms with Crippen molar-refractivity contribution in [2.45, 2.75) is 31.7 Å². The van der Waals surface area contributed by atoms with E-state index in [9.17, 15) is 14.4 Å². The van der Waals surface area contributed by atoms with E-state index in [4.69, 9.17) is 9.47 Å². The molecule has 1 aliphatic rings. The molecule has 1 aromatic heterocycles. The van der Waals surface area contributed by atoms with Crippen LogP contribution in [0.2, 0.25) is 0 Å². The number of thiophene rings is 1. The van der Waals surface area contributed by atoms with E-state index in [1.54, 1.807) is 11.8 Å². The Morgan fingerprint density at radius 2 is 1.97 bits per heavy atom. The van der Waals surface area contributed by atoms with E-state index in [-0.39, 0.29) is 17.8 Å². The van der Waals surface area contributed by atoms with Crippen molar-refractivity contribution in [1.29, 1.82) is 0 Å². The van der Waals surface area contributed by atoms with E-state index in [0.29, 0.717) is 36.7 Å². The summed E-state index contributed by atoms with van der Waals surface area (Å²) < 4.78 is 10.0. The van der Waals surface area contributed by atoms with E-state index in [1.165, 1.54) is 30.2 Å². The predicted octanol–water partition coefficient (Wildman–Crippen LogP) is 4.09. The van der Waals surface area contributed by atoms with E-state index in [1.807, 2.05) is 31.2 Å². The molecule has 0 saturated carbocycles. The number of hydrogen-bond donors (Lipinski definition) is 1. The summed E-state index contributed by atoms with van der Waals surface area (Å²) >= 11 is 2.73. The second-order valence-corrected chi connectivity index (χ2v) is 8.87. The maximum Gasteiger partial charge on any atom is 0.410 e. The molecule has 7 nitrogen and oxygen atoms in total. The number of amides is 2. The van der Waals surface area contributed by atoms with Crippen molar-refractivity contribution in [3.63, 3.8) is 0 Å². The van der Waals surface area contributed by atoms with Crippen molar-refractivity contribution in [3.05, 3.63) is 45.8 Å². The number of fused-ring (bicyclic) bond motifs is 1. The zero-order chi connectivity index (χ0) is 21.7. The van der Waals surface area contributed by atoms with Crippen molar-refractivity contribution >= 4 is 46.1 Å². The summed E-state index contributed by atoms with van der Waals surface area (Å²) in [5, 5.41) is 3.32. The number of benzene rings is 1. The van der Waals surface area contributed by atoms with Crippen LogP contribution in [0.3, 0.4) is 0 Å². The molecule has 2 heterocycles. The number of nitrogens with zero attached hydrogens (tertiary/aromatic N) is 1. The Morgan fingerprint density at radius 3 is 2.63 bits per heavy atom. The van der Waals surface area contributed by atoms with Crippen LogP contribution >= 0.6 is 23.1 Å². The number of thioether (sulfide) groups is 1. The van der Waals surface area contributed by atoms with Gasteiger partial charge in [-0.3, -0.25) is 4.79 Å². The molecule has 3 rings (SSSR count). The summed E-state index contributed by atoms with van der Waals surface area (Å²) in [7, 11) is 1.32. The zero-order valence-electron chi connectivity index (χ0n) is 17.1. The molecule has 160 valence electrons. The third-order valence-electron chi connectivity index (χ3n) is 4.62. The first-order valence-electron chi connectivity index (χ1n) is 9.56. The fraction of sp³-hybridized carbons (Fsp3) is 0.381. The van der Waals surface area contributed by atoms with Gasteiger partial charge in [-0.15, -0.1) is 23.1 Å². The van der Waals surface area contributed by atoms with Gasteiger partial charge in [0.1, 0.15) is 5.00 Å². The molecule has 1 aromatic carbocycles. The molecule has 0 unspecified atom stereocenters. The number of carbonyl (C=O) groups is 3. The lowest BCUT2D eigenvalue weighted by atomic mass is 10.0. The first-order chi connectivity index (χ1) is 14.4. The molecule has 0 atom stereocenters. The number of nitrogens with one attached hydrogen (secondary N) is 1. The summed E-state index contributed by atoms with van der Waals surface area (Å²) in [6.45, 7) is 4.87. The Bertz CT molecular complexity index is 940. The van der Waals surface area contributed by atoms with E-state index in [2.05, 4.69) is 5.32 Å². The average Bonchev–Trinajstić information content (AvgIpc) is 3.09. The third-order valence-corrected chi connectivity index (χ3v) is 6.76. The van der Waals surface area contributed by atoms with E-state index in [0.717, 1.165) is 20.9 Å². The van der Waals surface area contributed by atoms with Gasteiger partial charge in [-0.1, -0.05) is 17.7 Å². The number of rotatable bonds is 6. The van der Waals surface area contributed by atoms with Crippen LogP contribution in [0.5, 0.6) is 0 Å². The number of anilines is 1. The number of hydrogen-bond acceptors (Lipinski definition) is 7. The van der Waals surface area contributed by atoms with Crippen LogP contribution in [0, 0.1) is 6.92 Å². The van der Waals surface area contributed by atoms with Gasteiger partial charge in [0.15, 0.2) is 0 Å². The fourth-order valence-corrected chi connectivity index (χ4v) is 5.09. The van der Waals surface area contributed by atoms with Crippen molar-refractivity contribution in [3.8, 4) is 0 Å². The molecule has 9 heteroatoms. The van der Waals surface area contributed by atoms with Crippen molar-refractivity contribution in [1.82, 2.24) is 4.90 Å². The lowest BCUT2D eigenvalue weighted by molar-refractivity contribution is -0.113. The SMILES string of the molecule is CCOC(=O)N1CCc2c(sc(NC(=O)CSc3ccc(C)cc3)c2C(=O)OC)C1. The van der Waals surface area contributed by atoms with Gasteiger partial charge in [0.05, 0.1) is 31.6 Å². The molecule has 2 aromatic rings. The molecule has 0 fully saturated rings. The van der Waals surface area contributed by atoms with Crippen LogP contribution in [0.15, 0.2) is 29.2 Å². The Morgan fingerprint density at radius 1 is 1.23 bits per heavy atom. The number of esters is 1. The van der Waals surface area contributed by atoms with Crippen molar-refractivity contribution in [2.75, 3.05) is 31.3 Å². The van der Waals surface area contributed by atoms with Gasteiger partial charge in [0, 0.05) is 16.3 Å². The van der Waals surface area contributed by atoms with Crippen molar-refractivity contribution in [2.24, 2.45) is 0 Å². The zero-order valence-corrected chi connectivity index (χ0v) is 18.8. The number of ether oxygens (including phenoxy) is 2. The van der Waals surface area contributed by atoms with Crippen LogP contribution in [-0.4, -0.2) is 48.9 Å². The van der Waals surface area contributed by atoms with Gasteiger partial charge >= 0.3 is 12.1 Å². The second kappa shape index (κ2) is 9.99. The highest BCUT2D eigenvalue weighted by Gasteiger charge is 2.31. The summed E-state index contributed by atoms with van der Waals surface area (Å²) in [5.41, 5.74) is 2.37. The molecule has 0 spiro atoms. The molecule has 2 amide bonds. The summed E-state index contributed by atoms with van der Waals surface area (Å²) in [6.07, 6.45) is 0.125. The van der Waals surface area contributed by atoms with Gasteiger partial charge in [0.2, 0.25) is 5.91 Å². The van der Waals surface area contributed by atoms with Gasteiger partial charge in [-0.2, -0.15) is 0 Å². The third kappa shape index (κ3) is 5.14. The minimum atomic E-state index is -0.487. The quantitative estimate of drug-likeness (QED) is 0.529. The lowest BCUT2D eigenvalue weighted by Crippen LogP contribution is -2.36. The molecule has 0 radical (unpaired) electrons. The first-order valence-corrected chi connectivity index (χ1v) is 11.4. The van der Waals surface area contributed by atoms with Crippen LogP contribution in [0.1, 0.15) is 33.3 Å². The summed E-state index contributed by atoms with van der Waals surface area (Å²) in [5.74, 6) is -0.466. The normalized spacial score (nSPS) is 12.8. The van der Waals surface area contributed by atoms with Crippen LogP contribution in [0.25, 0.3) is 0 Å². The highest BCUT2D eigenvalue weighted by molar-refractivity contribution is 8.00. The highest BCUT2D eigenvalue weighted by Crippen LogP contribution is 2.38. The van der Waals surface area contributed by atoms with E-state index >= 15 is 0 Å². The maximum absolute atomic E-state index is 12.5. The molecular weight excluding hydrogens is 424 g/mol. The van der Waals surface area contributed by atoms with Gasteiger partial charge in [-0.05, 0) is 38.0 Å². The van der Waals surface area contributed by atoms with Crippen molar-refractivity contribution < 1.29 is 23.9 Å². The monoisotopic (exact) mass is 448 g/mol. The first kappa shape index (κ1) is 22.2. The second-order valence-electron chi connectivity index (χ2n) is 6.72. The molecule has 30 heavy (non-hydrogen) atoms. The molecule has 1 aliphatic heterocycles. The molecule has 0 saturated heterocycles. The minimum absolute atomic E-state index is 0.202. The Kier molecular flexibility index (Phi) is 7.38. The van der Waals surface area contributed by atoms with Crippen LogP contribution in [0.4, 0.5) is 9.80 Å². The van der Waals surface area contributed by atoms with Crippen LogP contribution < -0.4 is 5.32 Å². The van der Waals surface area contributed by atoms with Gasteiger partial charge < -0.3 is 19.7 Å². The van der Waals surface area contributed by atoms with E-state index < -0.39 is 5.97 Å². The summed E-state index contributed by atoms with van der Waals surface area (Å²) in [6, 6.07) is 7.94. The Hall–Kier alpha value is -2.52. The Balaban J connectivity index is 1.74. The number of aryl methyl sites for hydroxylation is 1. The largest absolute Gasteiger partial charge is 0.465 e. The van der Waals surface area contributed by atoms with Gasteiger partial charge in [-0.25, -0.2) is 9.59 Å². The standard InChI is InChI=1S/C21H24N2O5S2/c1-4-28-21(26)23-10-9-15-16(11-23)30-19(18(15)20(25)27-3)22-17(24)12-29-14-7-5-13(2)6-8-14/h5-8H,4,9-12H2,1-3H3,(H,22,24). The maximum atomic E-state index is 12.5. The predicted molar refractivity (Wildman–Crippen MR) is 117 cm³/mol. The minimum Gasteiger partial charge on any atom is -0.465 e. The van der Waals surface area contributed by atoms with Crippen LogP contribution in [-0.2, 0) is 27.2 Å². The smallest absolute Gasteiger partial charge is 0.410 e. The molecule has 0 aliphatic carbocycles.